The van der Waals surface area contributed by atoms with Crippen molar-refractivity contribution in [3.8, 4) is 11.1 Å². The Bertz CT molecular complexity index is 594. The maximum Gasteiger partial charge on any atom is 0.0670 e. The molecule has 1 nitrogen and oxygen atoms in total. The first-order valence-electron chi connectivity index (χ1n) is 6.88. The van der Waals surface area contributed by atoms with Crippen LogP contribution in [0.5, 0.6) is 0 Å². The third-order valence-corrected chi connectivity index (χ3v) is 4.07. The van der Waals surface area contributed by atoms with Crippen molar-refractivity contribution in [1.82, 2.24) is 5.32 Å². The number of hydrogen-bond donors (Lipinski definition) is 1. The highest BCUT2D eigenvalue weighted by Gasteiger charge is 2.11. The lowest BCUT2D eigenvalue weighted by molar-refractivity contribution is 0.676. The van der Waals surface area contributed by atoms with Crippen LogP contribution in [0, 0.1) is 6.92 Å². The molecule has 2 aromatic carbocycles. The van der Waals surface area contributed by atoms with Gasteiger partial charge in [0, 0.05) is 12.1 Å². The summed E-state index contributed by atoms with van der Waals surface area (Å²) in [5.74, 6) is 0. The minimum Gasteiger partial charge on any atom is -0.313 e. The fourth-order valence-electron chi connectivity index (χ4n) is 2.21. The van der Waals surface area contributed by atoms with Crippen LogP contribution in [-0.4, -0.2) is 6.54 Å². The molecular formula is C17H19Cl2N. The predicted octanol–water partition coefficient (Wildman–Crippen LogP) is 5.47. The van der Waals surface area contributed by atoms with Gasteiger partial charge in [-0.3, -0.25) is 0 Å². The largest absolute Gasteiger partial charge is 0.313 e. The van der Waals surface area contributed by atoms with Crippen LogP contribution in [-0.2, 0) is 6.54 Å². The molecule has 2 rings (SSSR count). The first kappa shape index (κ1) is 15.4. The monoisotopic (exact) mass is 307 g/mol. The average Bonchev–Trinajstić information content (AvgIpc) is 2.44. The molecular weight excluding hydrogens is 289 g/mol. The lowest BCUT2D eigenvalue weighted by Crippen LogP contribution is -2.14. The molecule has 0 aliphatic carbocycles. The van der Waals surface area contributed by atoms with Crippen LogP contribution in [0.2, 0.25) is 10.0 Å². The summed E-state index contributed by atoms with van der Waals surface area (Å²) in [6.07, 6.45) is 1.12. The highest BCUT2D eigenvalue weighted by atomic mass is 35.5. The van der Waals surface area contributed by atoms with E-state index in [1.165, 1.54) is 11.1 Å². The summed E-state index contributed by atoms with van der Waals surface area (Å²) in [7, 11) is 0. The van der Waals surface area contributed by atoms with E-state index in [2.05, 4.69) is 37.4 Å². The van der Waals surface area contributed by atoms with Gasteiger partial charge in [-0.2, -0.15) is 0 Å². The van der Waals surface area contributed by atoms with Crippen LogP contribution >= 0.6 is 23.2 Å². The Balaban J connectivity index is 2.43. The van der Waals surface area contributed by atoms with Crippen LogP contribution in [0.25, 0.3) is 11.1 Å². The number of benzene rings is 2. The molecule has 0 unspecified atom stereocenters. The molecule has 0 saturated carbocycles. The van der Waals surface area contributed by atoms with Crippen LogP contribution < -0.4 is 5.32 Å². The Kier molecular flexibility index (Phi) is 5.47. The molecule has 106 valence electrons. The van der Waals surface area contributed by atoms with Gasteiger partial charge in [-0.15, -0.1) is 0 Å². The van der Waals surface area contributed by atoms with E-state index in [1.54, 1.807) is 0 Å². The van der Waals surface area contributed by atoms with E-state index >= 15 is 0 Å². The van der Waals surface area contributed by atoms with Gasteiger partial charge >= 0.3 is 0 Å². The van der Waals surface area contributed by atoms with Gasteiger partial charge in [0.2, 0.25) is 0 Å². The Morgan fingerprint density at radius 2 is 1.85 bits per heavy atom. The van der Waals surface area contributed by atoms with E-state index in [0.29, 0.717) is 10.0 Å². The van der Waals surface area contributed by atoms with Crippen LogP contribution in [0.1, 0.15) is 24.5 Å². The van der Waals surface area contributed by atoms with E-state index in [0.717, 1.165) is 30.6 Å². The van der Waals surface area contributed by atoms with Crippen molar-refractivity contribution in [3.05, 3.63) is 57.6 Å². The van der Waals surface area contributed by atoms with E-state index in [4.69, 9.17) is 23.2 Å². The standard InChI is InChI=1S/C17H19Cl2N/c1-3-9-20-11-13-8-7-12(2)10-15(13)14-5-4-6-16(18)17(14)19/h4-8,10,20H,3,9,11H2,1-2H3. The Labute approximate surface area is 130 Å². The highest BCUT2D eigenvalue weighted by molar-refractivity contribution is 6.43. The molecule has 0 aliphatic rings. The van der Waals surface area contributed by atoms with Gasteiger partial charge in [-0.25, -0.2) is 0 Å². The van der Waals surface area contributed by atoms with Gasteiger partial charge in [-0.1, -0.05) is 66.0 Å². The van der Waals surface area contributed by atoms with Crippen molar-refractivity contribution in [2.45, 2.75) is 26.8 Å². The number of halogens is 2. The first-order valence-corrected chi connectivity index (χ1v) is 7.63. The van der Waals surface area contributed by atoms with Crippen LogP contribution in [0.4, 0.5) is 0 Å². The van der Waals surface area contributed by atoms with Crippen molar-refractivity contribution in [1.29, 1.82) is 0 Å². The van der Waals surface area contributed by atoms with Gasteiger partial charge in [0.05, 0.1) is 10.0 Å². The summed E-state index contributed by atoms with van der Waals surface area (Å²) in [5.41, 5.74) is 4.61. The van der Waals surface area contributed by atoms with Crippen molar-refractivity contribution in [2.75, 3.05) is 6.54 Å². The Morgan fingerprint density at radius 1 is 1.05 bits per heavy atom. The molecule has 0 spiro atoms. The number of hydrogen-bond acceptors (Lipinski definition) is 1. The van der Waals surface area contributed by atoms with Gasteiger partial charge < -0.3 is 5.32 Å². The molecule has 20 heavy (non-hydrogen) atoms. The van der Waals surface area contributed by atoms with Crippen molar-refractivity contribution >= 4 is 23.2 Å². The second-order valence-corrected chi connectivity index (χ2v) is 5.72. The molecule has 3 heteroatoms. The van der Waals surface area contributed by atoms with Crippen LogP contribution in [0.3, 0.4) is 0 Å². The van der Waals surface area contributed by atoms with Crippen LogP contribution in [0.15, 0.2) is 36.4 Å². The van der Waals surface area contributed by atoms with Crippen molar-refractivity contribution in [2.24, 2.45) is 0 Å². The molecule has 1 N–H and O–H groups in total. The number of nitrogens with one attached hydrogen (secondary N) is 1. The first-order chi connectivity index (χ1) is 9.63. The zero-order valence-electron chi connectivity index (χ0n) is 11.8. The summed E-state index contributed by atoms with van der Waals surface area (Å²) in [5, 5.41) is 4.66. The van der Waals surface area contributed by atoms with Gasteiger partial charge in [0.1, 0.15) is 0 Å². The summed E-state index contributed by atoms with van der Waals surface area (Å²) in [6.45, 7) is 6.10. The van der Waals surface area contributed by atoms with E-state index in [-0.39, 0.29) is 0 Å². The maximum atomic E-state index is 6.36. The zero-order chi connectivity index (χ0) is 14.5. The summed E-state index contributed by atoms with van der Waals surface area (Å²) < 4.78 is 0. The number of aryl methyl sites for hydroxylation is 1. The van der Waals surface area contributed by atoms with Crippen molar-refractivity contribution < 1.29 is 0 Å². The Hall–Kier alpha value is -1.02. The minimum absolute atomic E-state index is 0.596. The Morgan fingerprint density at radius 3 is 2.60 bits per heavy atom. The highest BCUT2D eigenvalue weighted by Crippen LogP contribution is 2.35. The van der Waals surface area contributed by atoms with Crippen molar-refractivity contribution in [3.63, 3.8) is 0 Å². The molecule has 0 bridgehead atoms. The van der Waals surface area contributed by atoms with E-state index < -0.39 is 0 Å². The third kappa shape index (κ3) is 3.54. The number of rotatable bonds is 5. The zero-order valence-corrected chi connectivity index (χ0v) is 13.4. The molecule has 0 atom stereocenters. The smallest absolute Gasteiger partial charge is 0.0670 e. The molecule has 0 aliphatic heterocycles. The fraction of sp³-hybridized carbons (Fsp3) is 0.294. The lowest BCUT2D eigenvalue weighted by atomic mass is 9.97. The summed E-state index contributed by atoms with van der Waals surface area (Å²) in [4.78, 5) is 0. The maximum absolute atomic E-state index is 6.36. The minimum atomic E-state index is 0.596. The molecule has 2 aromatic rings. The molecule has 0 aromatic heterocycles. The van der Waals surface area contributed by atoms with Gasteiger partial charge in [0.15, 0.2) is 0 Å². The normalized spacial score (nSPS) is 10.8. The second-order valence-electron chi connectivity index (χ2n) is 4.94. The average molecular weight is 308 g/mol. The molecule has 0 heterocycles. The summed E-state index contributed by atoms with van der Waals surface area (Å²) in [6, 6.07) is 12.2. The quantitative estimate of drug-likeness (QED) is 0.722. The molecule has 0 amide bonds. The molecule has 0 radical (unpaired) electrons. The summed E-state index contributed by atoms with van der Waals surface area (Å²) >= 11 is 12.5. The molecule has 0 fully saturated rings. The fourth-order valence-corrected chi connectivity index (χ4v) is 2.61. The lowest BCUT2D eigenvalue weighted by Gasteiger charge is -2.13. The second kappa shape index (κ2) is 7.12. The molecule has 0 saturated heterocycles. The topological polar surface area (TPSA) is 12.0 Å². The van der Waals surface area contributed by atoms with Gasteiger partial charge in [-0.05, 0) is 37.1 Å². The SMILES string of the molecule is CCCNCc1ccc(C)cc1-c1cccc(Cl)c1Cl. The van der Waals surface area contributed by atoms with E-state index in [1.807, 2.05) is 18.2 Å². The third-order valence-electron chi connectivity index (χ3n) is 3.25. The van der Waals surface area contributed by atoms with Gasteiger partial charge in [0.25, 0.3) is 0 Å². The van der Waals surface area contributed by atoms with E-state index in [9.17, 15) is 0 Å². The predicted molar refractivity (Wildman–Crippen MR) is 88.6 cm³/mol.